The van der Waals surface area contributed by atoms with Crippen LogP contribution in [0.5, 0.6) is 17.2 Å². The number of ether oxygens (including phenoxy) is 3. The highest BCUT2D eigenvalue weighted by Crippen LogP contribution is 2.36. The lowest BCUT2D eigenvalue weighted by Crippen LogP contribution is -2.30. The molecule has 3 rings (SSSR count). The summed E-state index contributed by atoms with van der Waals surface area (Å²) >= 11 is 0. The fourth-order valence-electron chi connectivity index (χ4n) is 3.18. The minimum Gasteiger partial charge on any atom is -0.497 e. The van der Waals surface area contributed by atoms with Gasteiger partial charge in [0.05, 0.1) is 44.4 Å². The number of nitrogens with zero attached hydrogens (tertiary/aromatic N) is 1. The average Bonchev–Trinajstić information content (AvgIpc) is 2.93. The van der Waals surface area contributed by atoms with Crippen LogP contribution in [0.2, 0.25) is 0 Å². The van der Waals surface area contributed by atoms with Crippen LogP contribution in [-0.4, -0.2) is 49.8 Å². The molecule has 1 N–H and O–H groups in total. The minimum atomic E-state index is -4.28. The molecule has 1 heterocycles. The molecule has 31 heavy (non-hydrogen) atoms. The molecule has 0 saturated carbocycles. The smallest absolute Gasteiger partial charge is 0.265 e. The third-order valence-electron chi connectivity index (χ3n) is 4.68. The number of sulfonamides is 2. The Morgan fingerprint density at radius 1 is 1.00 bits per heavy atom. The summed E-state index contributed by atoms with van der Waals surface area (Å²) in [6.07, 6.45) is 0. The Kier molecular flexibility index (Phi) is 6.05. The molecule has 12 heteroatoms. The maximum absolute atomic E-state index is 13.2. The van der Waals surface area contributed by atoms with Crippen molar-refractivity contribution in [2.75, 3.05) is 36.1 Å². The van der Waals surface area contributed by atoms with Crippen LogP contribution < -0.4 is 23.2 Å². The van der Waals surface area contributed by atoms with Crippen molar-refractivity contribution in [2.24, 2.45) is 5.92 Å². The first-order valence-corrected chi connectivity index (χ1v) is 12.1. The zero-order valence-electron chi connectivity index (χ0n) is 17.3. The third kappa shape index (κ3) is 4.26. The van der Waals surface area contributed by atoms with Gasteiger partial charge in [0.2, 0.25) is 15.9 Å². The molecular weight excluding hydrogens is 448 g/mol. The normalized spacial score (nSPS) is 18.0. The monoisotopic (exact) mass is 470 g/mol. The Labute approximate surface area is 180 Å². The number of hydrogen-bond acceptors (Lipinski definition) is 8. The molecule has 10 nitrogen and oxygen atoms in total. The predicted molar refractivity (Wildman–Crippen MR) is 114 cm³/mol. The number of rotatable bonds is 7. The van der Waals surface area contributed by atoms with E-state index < -0.39 is 31.9 Å². The van der Waals surface area contributed by atoms with Gasteiger partial charge in [0.25, 0.3) is 10.0 Å². The van der Waals surface area contributed by atoms with Gasteiger partial charge < -0.3 is 14.2 Å². The molecule has 0 aliphatic carbocycles. The van der Waals surface area contributed by atoms with E-state index in [4.69, 9.17) is 14.2 Å². The molecule has 0 unspecified atom stereocenters. The number of carbonyl (C=O) groups excluding carboxylic acids is 1. The molecule has 0 bridgehead atoms. The second kappa shape index (κ2) is 8.27. The Bertz CT molecular complexity index is 1230. The standard InChI is InChI=1S/C19H22N2O8S2/c1-12-11-30(23,24)21(19(12)22)13-5-7-17(29-4)18(9-13)31(25,26)20-15-10-14(27-2)6-8-16(15)28-3/h5-10,12,20H,11H2,1-4H3/t12-/m1/s1. The quantitative estimate of drug-likeness (QED) is 0.649. The molecule has 0 spiro atoms. The van der Waals surface area contributed by atoms with Crippen molar-refractivity contribution >= 4 is 37.3 Å². The van der Waals surface area contributed by atoms with E-state index in [0.717, 1.165) is 6.07 Å². The lowest BCUT2D eigenvalue weighted by atomic mass is 10.2. The summed E-state index contributed by atoms with van der Waals surface area (Å²) in [5.74, 6) is -1.11. The molecule has 0 radical (unpaired) electrons. The van der Waals surface area contributed by atoms with Crippen molar-refractivity contribution in [1.29, 1.82) is 0 Å². The van der Waals surface area contributed by atoms with E-state index in [-0.39, 0.29) is 33.5 Å². The molecule has 1 atom stereocenters. The molecule has 1 fully saturated rings. The number of hydrogen-bond donors (Lipinski definition) is 1. The van der Waals surface area contributed by atoms with Crippen LogP contribution in [0.25, 0.3) is 0 Å². The largest absolute Gasteiger partial charge is 0.497 e. The molecule has 1 aliphatic heterocycles. The van der Waals surface area contributed by atoms with Gasteiger partial charge in [0.15, 0.2) is 0 Å². The Balaban J connectivity index is 2.10. The molecule has 0 aromatic heterocycles. The maximum atomic E-state index is 13.2. The van der Waals surface area contributed by atoms with Gasteiger partial charge in [0.1, 0.15) is 22.1 Å². The fraction of sp³-hybridized carbons (Fsp3) is 0.316. The molecule has 2 aromatic rings. The van der Waals surface area contributed by atoms with Crippen LogP contribution >= 0.6 is 0 Å². The number of anilines is 2. The van der Waals surface area contributed by atoms with E-state index >= 15 is 0 Å². The first kappa shape index (κ1) is 22.7. The van der Waals surface area contributed by atoms with E-state index in [1.807, 2.05) is 0 Å². The summed E-state index contributed by atoms with van der Waals surface area (Å²) in [5.41, 5.74) is 0.0148. The van der Waals surface area contributed by atoms with Crippen molar-refractivity contribution in [3.8, 4) is 17.2 Å². The summed E-state index contributed by atoms with van der Waals surface area (Å²) in [6, 6.07) is 8.25. The van der Waals surface area contributed by atoms with Gasteiger partial charge in [-0.2, -0.15) is 0 Å². The first-order chi connectivity index (χ1) is 14.5. The van der Waals surface area contributed by atoms with Gasteiger partial charge in [-0.3, -0.25) is 9.52 Å². The van der Waals surface area contributed by atoms with Gasteiger partial charge in [-0.1, -0.05) is 6.92 Å². The highest BCUT2D eigenvalue weighted by Gasteiger charge is 2.42. The minimum absolute atomic E-state index is 0.0322. The molecule has 1 amide bonds. The van der Waals surface area contributed by atoms with Gasteiger partial charge in [-0.05, 0) is 30.3 Å². The molecular formula is C19H22N2O8S2. The van der Waals surface area contributed by atoms with Crippen LogP contribution in [0.4, 0.5) is 11.4 Å². The van der Waals surface area contributed by atoms with Crippen molar-refractivity contribution in [2.45, 2.75) is 11.8 Å². The topological polar surface area (TPSA) is 128 Å². The zero-order valence-corrected chi connectivity index (χ0v) is 18.9. The predicted octanol–water partition coefficient (Wildman–Crippen LogP) is 1.83. The summed E-state index contributed by atoms with van der Waals surface area (Å²) in [6.45, 7) is 1.50. The second-order valence-electron chi connectivity index (χ2n) is 6.79. The molecule has 1 saturated heterocycles. The Hall–Kier alpha value is -2.99. The number of amides is 1. The van der Waals surface area contributed by atoms with E-state index in [2.05, 4.69) is 4.72 Å². The summed E-state index contributed by atoms with van der Waals surface area (Å²) in [7, 11) is -4.09. The summed E-state index contributed by atoms with van der Waals surface area (Å²) in [5, 5.41) is 0. The maximum Gasteiger partial charge on any atom is 0.265 e. The van der Waals surface area contributed by atoms with Crippen LogP contribution in [0.1, 0.15) is 6.92 Å². The SMILES string of the molecule is COc1ccc(OC)c(NS(=O)(=O)c2cc(N3C(=O)[C@H](C)CS3(=O)=O)ccc2OC)c1. The first-order valence-electron chi connectivity index (χ1n) is 9.03. The van der Waals surface area contributed by atoms with Gasteiger partial charge in [-0.25, -0.2) is 21.1 Å². The number of nitrogens with one attached hydrogen (secondary N) is 1. The second-order valence-corrected chi connectivity index (χ2v) is 10.3. The average molecular weight is 471 g/mol. The van der Waals surface area contributed by atoms with Crippen molar-refractivity contribution in [3.05, 3.63) is 36.4 Å². The van der Waals surface area contributed by atoms with Crippen LogP contribution in [0.3, 0.4) is 0 Å². The molecule has 168 valence electrons. The number of carbonyl (C=O) groups is 1. The van der Waals surface area contributed by atoms with E-state index in [0.29, 0.717) is 10.1 Å². The lowest BCUT2D eigenvalue weighted by molar-refractivity contribution is -0.119. The molecule has 2 aromatic carbocycles. The zero-order chi connectivity index (χ0) is 23.0. The van der Waals surface area contributed by atoms with Gasteiger partial charge in [0, 0.05) is 6.07 Å². The van der Waals surface area contributed by atoms with E-state index in [1.165, 1.54) is 52.5 Å². The van der Waals surface area contributed by atoms with Crippen molar-refractivity contribution < 1.29 is 35.8 Å². The Morgan fingerprint density at radius 2 is 1.65 bits per heavy atom. The third-order valence-corrected chi connectivity index (χ3v) is 7.94. The van der Waals surface area contributed by atoms with E-state index in [1.54, 1.807) is 6.07 Å². The van der Waals surface area contributed by atoms with Gasteiger partial charge in [-0.15, -0.1) is 0 Å². The van der Waals surface area contributed by atoms with Crippen LogP contribution in [0.15, 0.2) is 41.3 Å². The molecule has 1 aliphatic rings. The van der Waals surface area contributed by atoms with Gasteiger partial charge >= 0.3 is 0 Å². The van der Waals surface area contributed by atoms with Crippen LogP contribution in [-0.2, 0) is 24.8 Å². The highest BCUT2D eigenvalue weighted by atomic mass is 32.2. The summed E-state index contributed by atoms with van der Waals surface area (Å²) in [4.78, 5) is 12.1. The van der Waals surface area contributed by atoms with Crippen molar-refractivity contribution in [1.82, 2.24) is 0 Å². The summed E-state index contributed by atoms with van der Waals surface area (Å²) < 4.78 is 69.7. The Morgan fingerprint density at radius 3 is 2.19 bits per heavy atom. The van der Waals surface area contributed by atoms with E-state index in [9.17, 15) is 21.6 Å². The number of methoxy groups -OCH3 is 3. The lowest BCUT2D eigenvalue weighted by Gasteiger charge is -2.19. The van der Waals surface area contributed by atoms with Crippen LogP contribution in [0, 0.1) is 5.92 Å². The van der Waals surface area contributed by atoms with Crippen molar-refractivity contribution in [3.63, 3.8) is 0 Å². The fourth-order valence-corrected chi connectivity index (χ4v) is 6.25. The number of benzene rings is 2. The highest BCUT2D eigenvalue weighted by molar-refractivity contribution is 7.94.